The maximum Gasteiger partial charge on any atom is 0.359 e. The van der Waals surface area contributed by atoms with Crippen molar-refractivity contribution in [2.45, 2.75) is 0 Å². The number of quaternary nitrogens is 1. The number of aliphatic carboxylic acids is 1. The second-order valence-electron chi connectivity index (χ2n) is 3.45. The fourth-order valence-corrected chi connectivity index (χ4v) is 1.22. The molecule has 0 aromatic heterocycles. The van der Waals surface area contributed by atoms with E-state index in [1.54, 1.807) is 0 Å². The van der Waals surface area contributed by atoms with E-state index in [-0.39, 0.29) is 13.2 Å². The Balaban J connectivity index is 4.06. The summed E-state index contributed by atoms with van der Waals surface area (Å²) >= 11 is 0. The average molecular weight is 191 g/mol. The highest BCUT2D eigenvalue weighted by Crippen LogP contribution is 1.99. The van der Waals surface area contributed by atoms with Gasteiger partial charge in [-0.3, -0.25) is 0 Å². The standard InChI is InChI=1S/C8H18N2O3/c1-9-3-4-10(2,5-6-11)7-8(12)13/h9,11H,3-7H2,1-2H3/p+1. The SMILES string of the molecule is CNCC[N+](C)(CCO)CC(=O)O. The van der Waals surface area contributed by atoms with E-state index in [0.717, 1.165) is 6.54 Å². The van der Waals surface area contributed by atoms with Crippen LogP contribution in [-0.4, -0.2) is 67.5 Å². The predicted molar refractivity (Wildman–Crippen MR) is 49.4 cm³/mol. The molecule has 0 rings (SSSR count). The van der Waals surface area contributed by atoms with Gasteiger partial charge < -0.3 is 20.0 Å². The van der Waals surface area contributed by atoms with Crippen molar-refractivity contribution in [2.75, 3.05) is 46.9 Å². The summed E-state index contributed by atoms with van der Waals surface area (Å²) in [6.07, 6.45) is 0. The fraction of sp³-hybridized carbons (Fsp3) is 0.875. The lowest BCUT2D eigenvalue weighted by Crippen LogP contribution is -2.52. The zero-order valence-corrected chi connectivity index (χ0v) is 8.29. The summed E-state index contributed by atoms with van der Waals surface area (Å²) in [6.45, 7) is 2.02. The van der Waals surface area contributed by atoms with Crippen molar-refractivity contribution in [3.8, 4) is 0 Å². The third-order valence-corrected chi connectivity index (χ3v) is 2.06. The van der Waals surface area contributed by atoms with Crippen LogP contribution >= 0.6 is 0 Å². The molecule has 5 heteroatoms. The van der Waals surface area contributed by atoms with Gasteiger partial charge in [0.2, 0.25) is 0 Å². The Morgan fingerprint density at radius 1 is 1.46 bits per heavy atom. The molecular weight excluding hydrogens is 172 g/mol. The Labute approximate surface area is 78.6 Å². The van der Waals surface area contributed by atoms with Gasteiger partial charge in [0.25, 0.3) is 0 Å². The van der Waals surface area contributed by atoms with E-state index in [0.29, 0.717) is 17.6 Å². The van der Waals surface area contributed by atoms with Gasteiger partial charge in [-0.2, -0.15) is 0 Å². The van der Waals surface area contributed by atoms with Crippen molar-refractivity contribution in [3.05, 3.63) is 0 Å². The topological polar surface area (TPSA) is 69.6 Å². The molecule has 1 unspecified atom stereocenters. The van der Waals surface area contributed by atoms with Crippen molar-refractivity contribution in [2.24, 2.45) is 0 Å². The van der Waals surface area contributed by atoms with Crippen LogP contribution in [0.15, 0.2) is 0 Å². The minimum absolute atomic E-state index is 0.0213. The highest BCUT2D eigenvalue weighted by Gasteiger charge is 2.23. The Bertz CT molecular complexity index is 163. The molecule has 78 valence electrons. The normalized spacial score (nSPS) is 15.3. The quantitative estimate of drug-likeness (QED) is 0.439. The van der Waals surface area contributed by atoms with Crippen molar-refractivity contribution in [1.29, 1.82) is 0 Å². The van der Waals surface area contributed by atoms with Crippen LogP contribution in [0.25, 0.3) is 0 Å². The summed E-state index contributed by atoms with van der Waals surface area (Å²) in [7, 11) is 3.66. The summed E-state index contributed by atoms with van der Waals surface area (Å²) in [6, 6.07) is 0. The van der Waals surface area contributed by atoms with Crippen LogP contribution in [0.5, 0.6) is 0 Å². The molecule has 0 fully saturated rings. The van der Waals surface area contributed by atoms with Gasteiger partial charge in [-0.15, -0.1) is 0 Å². The summed E-state index contributed by atoms with van der Waals surface area (Å²) < 4.78 is 0.368. The number of aliphatic hydroxyl groups is 1. The minimum atomic E-state index is -0.827. The van der Waals surface area contributed by atoms with Crippen LogP contribution in [-0.2, 0) is 4.79 Å². The number of likely N-dealkylation sites (N-methyl/N-ethyl adjacent to an activating group) is 2. The first-order chi connectivity index (χ1) is 6.04. The van der Waals surface area contributed by atoms with E-state index in [1.807, 2.05) is 14.1 Å². The third-order valence-electron chi connectivity index (χ3n) is 2.06. The maximum absolute atomic E-state index is 10.5. The summed E-state index contributed by atoms with van der Waals surface area (Å²) in [4.78, 5) is 10.5. The molecule has 0 spiro atoms. The van der Waals surface area contributed by atoms with Crippen LogP contribution in [0.2, 0.25) is 0 Å². The number of rotatable bonds is 7. The number of aliphatic hydroxyl groups excluding tert-OH is 1. The number of carboxylic acids is 1. The molecule has 0 amide bonds. The van der Waals surface area contributed by atoms with E-state index in [1.165, 1.54) is 0 Å². The van der Waals surface area contributed by atoms with E-state index in [9.17, 15) is 4.79 Å². The molecule has 0 aliphatic heterocycles. The van der Waals surface area contributed by atoms with Gasteiger partial charge in [-0.05, 0) is 7.05 Å². The van der Waals surface area contributed by atoms with Gasteiger partial charge in [-0.25, -0.2) is 4.79 Å². The average Bonchev–Trinajstić information content (AvgIpc) is 2.00. The Morgan fingerprint density at radius 2 is 2.08 bits per heavy atom. The monoisotopic (exact) mass is 191 g/mol. The van der Waals surface area contributed by atoms with Gasteiger partial charge in [-0.1, -0.05) is 0 Å². The lowest BCUT2D eigenvalue weighted by atomic mass is 10.3. The van der Waals surface area contributed by atoms with Crippen LogP contribution in [0, 0.1) is 0 Å². The number of carbonyl (C=O) groups is 1. The number of hydrogen-bond donors (Lipinski definition) is 3. The zero-order chi connectivity index (χ0) is 10.3. The van der Waals surface area contributed by atoms with Gasteiger partial charge in [0.1, 0.15) is 6.54 Å². The summed E-state index contributed by atoms with van der Waals surface area (Å²) in [5, 5.41) is 20.4. The molecule has 13 heavy (non-hydrogen) atoms. The third kappa shape index (κ3) is 5.57. The summed E-state index contributed by atoms with van der Waals surface area (Å²) in [5.41, 5.74) is 0. The molecule has 0 aromatic carbocycles. The number of carboxylic acid groups (broad SMARTS) is 1. The first-order valence-electron chi connectivity index (χ1n) is 4.35. The van der Waals surface area contributed by atoms with Gasteiger partial charge in [0, 0.05) is 6.54 Å². The number of nitrogens with zero attached hydrogens (tertiary/aromatic N) is 1. The first kappa shape index (κ1) is 12.3. The molecule has 0 aromatic rings. The Hall–Kier alpha value is -0.650. The molecule has 0 saturated heterocycles. The minimum Gasteiger partial charge on any atom is -0.477 e. The second kappa shape index (κ2) is 5.90. The molecule has 0 aliphatic rings. The first-order valence-corrected chi connectivity index (χ1v) is 4.35. The van der Waals surface area contributed by atoms with Crippen LogP contribution in [0.1, 0.15) is 0 Å². The van der Waals surface area contributed by atoms with Crippen LogP contribution < -0.4 is 5.32 Å². The van der Waals surface area contributed by atoms with Gasteiger partial charge in [0.15, 0.2) is 6.54 Å². The largest absolute Gasteiger partial charge is 0.477 e. The van der Waals surface area contributed by atoms with Crippen molar-refractivity contribution in [1.82, 2.24) is 5.32 Å². The molecule has 0 bridgehead atoms. The smallest absolute Gasteiger partial charge is 0.359 e. The predicted octanol–water partition coefficient (Wildman–Crippen LogP) is -1.27. The highest BCUT2D eigenvalue weighted by atomic mass is 16.4. The fourth-order valence-electron chi connectivity index (χ4n) is 1.22. The maximum atomic E-state index is 10.5. The molecule has 0 heterocycles. The zero-order valence-electron chi connectivity index (χ0n) is 8.29. The van der Waals surface area contributed by atoms with Crippen LogP contribution in [0.4, 0.5) is 0 Å². The lowest BCUT2D eigenvalue weighted by molar-refractivity contribution is -0.901. The number of hydrogen-bond acceptors (Lipinski definition) is 3. The number of nitrogens with one attached hydrogen (secondary N) is 1. The van der Waals surface area contributed by atoms with Crippen molar-refractivity contribution in [3.63, 3.8) is 0 Å². The Kier molecular flexibility index (Phi) is 5.61. The van der Waals surface area contributed by atoms with Gasteiger partial charge >= 0.3 is 5.97 Å². The lowest BCUT2D eigenvalue weighted by Gasteiger charge is -2.32. The molecule has 1 atom stereocenters. The highest BCUT2D eigenvalue weighted by molar-refractivity contribution is 5.67. The Morgan fingerprint density at radius 3 is 2.46 bits per heavy atom. The molecular formula is C8H19N2O3+. The molecule has 0 aliphatic carbocycles. The molecule has 0 radical (unpaired) electrons. The van der Waals surface area contributed by atoms with E-state index in [4.69, 9.17) is 10.2 Å². The van der Waals surface area contributed by atoms with Crippen LogP contribution in [0.3, 0.4) is 0 Å². The van der Waals surface area contributed by atoms with Gasteiger partial charge in [0.05, 0.1) is 20.2 Å². The molecule has 0 saturated carbocycles. The van der Waals surface area contributed by atoms with E-state index < -0.39 is 5.97 Å². The molecule has 3 N–H and O–H groups in total. The summed E-state index contributed by atoms with van der Waals surface area (Å²) in [5.74, 6) is -0.827. The van der Waals surface area contributed by atoms with Crippen molar-refractivity contribution < 1.29 is 19.5 Å². The molecule has 5 nitrogen and oxygen atoms in total. The second-order valence-corrected chi connectivity index (χ2v) is 3.45. The van der Waals surface area contributed by atoms with E-state index >= 15 is 0 Å². The van der Waals surface area contributed by atoms with Crippen molar-refractivity contribution >= 4 is 5.97 Å². The van der Waals surface area contributed by atoms with E-state index in [2.05, 4.69) is 5.32 Å².